The molecular formula is C38H76N2O6. The maximum absolute atomic E-state index is 13.0. The van der Waals surface area contributed by atoms with Gasteiger partial charge in [0.2, 0.25) is 0 Å². The van der Waals surface area contributed by atoms with Crippen molar-refractivity contribution < 1.29 is 28.5 Å². The van der Waals surface area contributed by atoms with Crippen LogP contribution in [0.3, 0.4) is 0 Å². The molecule has 8 heteroatoms. The largest absolute Gasteiger partial charge is 0.465 e. The lowest BCUT2D eigenvalue weighted by atomic mass is 9.92. The number of hydrogen-bond acceptors (Lipinski definition) is 8. The lowest BCUT2D eigenvalue weighted by molar-refractivity contribution is -0.156. The van der Waals surface area contributed by atoms with Crippen LogP contribution in [0.15, 0.2) is 0 Å². The fraction of sp³-hybridized carbons (Fsp3) is 0.974. The Morgan fingerprint density at radius 2 is 0.935 bits per heavy atom. The quantitative estimate of drug-likeness (QED) is 0.0511. The third-order valence-corrected chi connectivity index (χ3v) is 9.02. The van der Waals surface area contributed by atoms with E-state index in [0.717, 1.165) is 98.0 Å². The van der Waals surface area contributed by atoms with Gasteiger partial charge in [0.05, 0.1) is 31.8 Å². The van der Waals surface area contributed by atoms with Gasteiger partial charge in [-0.05, 0) is 39.2 Å². The third-order valence-electron chi connectivity index (χ3n) is 9.02. The number of carbonyl (C=O) groups is 1. The molecule has 0 saturated carbocycles. The number of ether oxygens (including phenoxy) is 5. The standard InChI is InChI=1S/C38H76N2O6/c1-5-9-12-15-18-29-43-33-38(34-44-30-19-16-13-10-6-2,35-45-31-20-17-14-11-7-3)36-46-37(41)22-21-23-39-24-26-40(27-25-39)28-32-42-8-4/h5-36H2,1-4H3. The Balaban J connectivity index is 2.63. The molecule has 0 radical (unpaired) electrons. The Morgan fingerprint density at radius 1 is 0.500 bits per heavy atom. The van der Waals surface area contributed by atoms with Crippen molar-refractivity contribution in [2.45, 2.75) is 137 Å². The van der Waals surface area contributed by atoms with Gasteiger partial charge >= 0.3 is 5.97 Å². The minimum Gasteiger partial charge on any atom is -0.465 e. The van der Waals surface area contributed by atoms with Gasteiger partial charge in [-0.15, -0.1) is 0 Å². The minimum atomic E-state index is -0.482. The van der Waals surface area contributed by atoms with Crippen LogP contribution in [0.2, 0.25) is 0 Å². The first-order valence-electron chi connectivity index (χ1n) is 19.5. The average Bonchev–Trinajstić information content (AvgIpc) is 3.07. The van der Waals surface area contributed by atoms with Crippen molar-refractivity contribution in [1.82, 2.24) is 9.80 Å². The minimum absolute atomic E-state index is 0.126. The van der Waals surface area contributed by atoms with Crippen LogP contribution in [-0.2, 0) is 28.5 Å². The molecule has 274 valence electrons. The van der Waals surface area contributed by atoms with Gasteiger partial charge in [0, 0.05) is 65.6 Å². The van der Waals surface area contributed by atoms with Gasteiger partial charge in [0.25, 0.3) is 0 Å². The van der Waals surface area contributed by atoms with E-state index in [1.807, 2.05) is 6.92 Å². The average molecular weight is 657 g/mol. The van der Waals surface area contributed by atoms with Gasteiger partial charge in [0.1, 0.15) is 6.61 Å². The van der Waals surface area contributed by atoms with Crippen molar-refractivity contribution in [1.29, 1.82) is 0 Å². The molecule has 0 aromatic carbocycles. The highest BCUT2D eigenvalue weighted by Gasteiger charge is 2.34. The number of hydrogen-bond donors (Lipinski definition) is 0. The molecule has 0 aliphatic carbocycles. The summed E-state index contributed by atoms with van der Waals surface area (Å²) >= 11 is 0. The number of nitrogens with zero attached hydrogens (tertiary/aromatic N) is 2. The Labute approximate surface area is 284 Å². The van der Waals surface area contributed by atoms with Crippen molar-refractivity contribution in [2.24, 2.45) is 5.41 Å². The smallest absolute Gasteiger partial charge is 0.305 e. The number of esters is 1. The second-order valence-electron chi connectivity index (χ2n) is 13.5. The molecule has 1 heterocycles. The predicted molar refractivity (Wildman–Crippen MR) is 191 cm³/mol. The molecule has 0 unspecified atom stereocenters. The summed E-state index contributed by atoms with van der Waals surface area (Å²) in [5, 5.41) is 0. The maximum atomic E-state index is 13.0. The van der Waals surface area contributed by atoms with E-state index in [1.165, 1.54) is 77.0 Å². The molecule has 1 aliphatic heterocycles. The van der Waals surface area contributed by atoms with Gasteiger partial charge in [-0.25, -0.2) is 0 Å². The Morgan fingerprint density at radius 3 is 1.37 bits per heavy atom. The monoisotopic (exact) mass is 657 g/mol. The van der Waals surface area contributed by atoms with Crippen LogP contribution in [0.1, 0.15) is 137 Å². The highest BCUT2D eigenvalue weighted by atomic mass is 16.5. The molecule has 1 fully saturated rings. The molecule has 1 saturated heterocycles. The zero-order chi connectivity index (χ0) is 33.4. The van der Waals surface area contributed by atoms with Crippen LogP contribution >= 0.6 is 0 Å². The van der Waals surface area contributed by atoms with Crippen LogP contribution in [-0.4, -0.2) is 114 Å². The van der Waals surface area contributed by atoms with Crippen LogP contribution in [0, 0.1) is 5.41 Å². The van der Waals surface area contributed by atoms with Gasteiger partial charge in [-0.1, -0.05) is 97.8 Å². The molecule has 0 N–H and O–H groups in total. The molecule has 1 rings (SSSR count). The van der Waals surface area contributed by atoms with Crippen LogP contribution in [0.5, 0.6) is 0 Å². The second-order valence-corrected chi connectivity index (χ2v) is 13.5. The number of carbonyl (C=O) groups excluding carboxylic acids is 1. The third kappa shape index (κ3) is 24.4. The first-order chi connectivity index (χ1) is 22.6. The molecule has 0 atom stereocenters. The fourth-order valence-electron chi connectivity index (χ4n) is 5.87. The maximum Gasteiger partial charge on any atom is 0.305 e. The van der Waals surface area contributed by atoms with E-state index in [2.05, 4.69) is 30.6 Å². The molecule has 0 spiro atoms. The topological polar surface area (TPSA) is 69.7 Å². The normalized spacial score (nSPS) is 14.7. The number of rotatable bonds is 34. The SMILES string of the molecule is CCCCCCCOCC(COCCCCCCC)(COCCCCCCC)COC(=O)CCCN1CCN(CCOCC)CC1. The van der Waals surface area contributed by atoms with Gasteiger partial charge < -0.3 is 28.6 Å². The van der Waals surface area contributed by atoms with Crippen LogP contribution in [0.4, 0.5) is 0 Å². The Kier molecular flexibility index (Phi) is 29.6. The predicted octanol–water partition coefficient (Wildman–Crippen LogP) is 7.91. The van der Waals surface area contributed by atoms with E-state index in [0.29, 0.717) is 26.2 Å². The highest BCUT2D eigenvalue weighted by Crippen LogP contribution is 2.23. The Bertz CT molecular complexity index is 614. The summed E-state index contributed by atoms with van der Waals surface area (Å²) in [6.45, 7) is 20.5. The van der Waals surface area contributed by atoms with Crippen molar-refractivity contribution in [2.75, 3.05) is 98.7 Å². The fourth-order valence-corrected chi connectivity index (χ4v) is 5.87. The van der Waals surface area contributed by atoms with Crippen LogP contribution < -0.4 is 0 Å². The molecule has 1 aliphatic rings. The summed E-state index contributed by atoms with van der Waals surface area (Å²) in [7, 11) is 0. The summed E-state index contributed by atoms with van der Waals surface area (Å²) < 4.78 is 30.3. The van der Waals surface area contributed by atoms with Gasteiger partial charge in [-0.2, -0.15) is 0 Å². The molecule has 0 bridgehead atoms. The zero-order valence-corrected chi connectivity index (χ0v) is 31.0. The molecule has 0 aromatic rings. The lowest BCUT2D eigenvalue weighted by Crippen LogP contribution is -2.47. The summed E-state index contributed by atoms with van der Waals surface area (Å²) in [4.78, 5) is 17.9. The van der Waals surface area contributed by atoms with Gasteiger partial charge in [0.15, 0.2) is 0 Å². The Hall–Kier alpha value is -0.770. The summed E-state index contributed by atoms with van der Waals surface area (Å²) in [6, 6.07) is 0. The molecule has 0 amide bonds. The second kappa shape index (κ2) is 31.5. The van der Waals surface area contributed by atoms with E-state index in [-0.39, 0.29) is 12.6 Å². The molecule has 0 aromatic heterocycles. The molecule has 8 nitrogen and oxygen atoms in total. The van der Waals surface area contributed by atoms with Crippen molar-refractivity contribution >= 4 is 5.97 Å². The van der Waals surface area contributed by atoms with Crippen LogP contribution in [0.25, 0.3) is 0 Å². The zero-order valence-electron chi connectivity index (χ0n) is 31.0. The van der Waals surface area contributed by atoms with E-state index >= 15 is 0 Å². The summed E-state index contributed by atoms with van der Waals surface area (Å²) in [5.41, 5.74) is -0.482. The first-order valence-corrected chi connectivity index (χ1v) is 19.5. The first kappa shape index (κ1) is 43.3. The van der Waals surface area contributed by atoms with E-state index in [9.17, 15) is 4.79 Å². The van der Waals surface area contributed by atoms with Crippen molar-refractivity contribution in [3.05, 3.63) is 0 Å². The van der Waals surface area contributed by atoms with E-state index in [4.69, 9.17) is 23.7 Å². The molecule has 46 heavy (non-hydrogen) atoms. The summed E-state index contributed by atoms with van der Waals surface area (Å²) in [6.07, 6.45) is 19.4. The van der Waals surface area contributed by atoms with E-state index in [1.54, 1.807) is 0 Å². The van der Waals surface area contributed by atoms with Crippen molar-refractivity contribution in [3.63, 3.8) is 0 Å². The lowest BCUT2D eigenvalue weighted by Gasteiger charge is -2.34. The summed E-state index contributed by atoms with van der Waals surface area (Å²) in [5.74, 6) is -0.126. The van der Waals surface area contributed by atoms with Gasteiger partial charge in [-0.3, -0.25) is 9.69 Å². The van der Waals surface area contributed by atoms with E-state index < -0.39 is 5.41 Å². The molecular weight excluding hydrogens is 580 g/mol. The number of unbranched alkanes of at least 4 members (excludes halogenated alkanes) is 12. The number of piperazine rings is 1. The van der Waals surface area contributed by atoms with Crippen molar-refractivity contribution in [3.8, 4) is 0 Å². The highest BCUT2D eigenvalue weighted by molar-refractivity contribution is 5.69.